The maximum atomic E-state index is 2.31. The van der Waals surface area contributed by atoms with Crippen molar-refractivity contribution in [2.24, 2.45) is 7.05 Å². The van der Waals surface area contributed by atoms with Crippen LogP contribution in [0.2, 0.25) is 0 Å². The minimum Gasteiger partial charge on any atom is -0.352 e. The summed E-state index contributed by atoms with van der Waals surface area (Å²) in [4.78, 5) is 0. The minimum atomic E-state index is 1.14. The van der Waals surface area contributed by atoms with E-state index in [4.69, 9.17) is 0 Å². The van der Waals surface area contributed by atoms with Crippen LogP contribution in [0.4, 0.5) is 0 Å². The molecule has 0 radical (unpaired) electrons. The topological polar surface area (TPSA) is 4.93 Å². The molecule has 0 saturated carbocycles. The molecule has 1 aromatic rings. The molecular weight excluding hydrogens is 134 g/mol. The third kappa shape index (κ3) is 1.65. The van der Waals surface area contributed by atoms with E-state index in [1.165, 1.54) is 24.2 Å². The van der Waals surface area contributed by atoms with Gasteiger partial charge < -0.3 is 4.57 Å². The predicted octanol–water partition coefficient (Wildman–Crippen LogP) is 2.54. The van der Waals surface area contributed by atoms with Crippen molar-refractivity contribution in [3.05, 3.63) is 23.5 Å². The van der Waals surface area contributed by atoms with Crippen LogP contribution < -0.4 is 0 Å². The average Bonchev–Trinajstić information content (AvgIpc) is 2.34. The smallest absolute Gasteiger partial charge is 0.0174 e. The lowest BCUT2D eigenvalue weighted by Crippen LogP contribution is -1.99. The zero-order valence-corrected chi connectivity index (χ0v) is 7.72. The molecule has 0 amide bonds. The fraction of sp³-hybridized carbons (Fsp3) is 0.600. The van der Waals surface area contributed by atoms with Gasteiger partial charge in [0, 0.05) is 18.4 Å². The zero-order chi connectivity index (χ0) is 8.27. The normalized spacial score (nSPS) is 10.5. The predicted molar refractivity (Wildman–Crippen MR) is 48.8 cm³/mol. The van der Waals surface area contributed by atoms with Crippen LogP contribution in [0, 0.1) is 0 Å². The fourth-order valence-corrected chi connectivity index (χ4v) is 1.46. The zero-order valence-electron chi connectivity index (χ0n) is 7.72. The van der Waals surface area contributed by atoms with Crippen LogP contribution in [0.3, 0.4) is 0 Å². The van der Waals surface area contributed by atoms with E-state index in [9.17, 15) is 0 Å². The van der Waals surface area contributed by atoms with E-state index in [0.717, 1.165) is 6.42 Å². The highest BCUT2D eigenvalue weighted by Crippen LogP contribution is 2.09. The Morgan fingerprint density at radius 3 is 2.27 bits per heavy atom. The van der Waals surface area contributed by atoms with Crippen LogP contribution in [-0.4, -0.2) is 4.57 Å². The maximum absolute atomic E-state index is 2.31. The van der Waals surface area contributed by atoms with Crippen LogP contribution in [0.15, 0.2) is 12.1 Å². The first-order chi connectivity index (χ1) is 5.29. The second kappa shape index (κ2) is 3.61. The highest BCUT2D eigenvalue weighted by molar-refractivity contribution is 5.15. The molecule has 1 heterocycles. The Balaban J connectivity index is 2.82. The van der Waals surface area contributed by atoms with Crippen molar-refractivity contribution in [3.8, 4) is 0 Å². The lowest BCUT2D eigenvalue weighted by molar-refractivity contribution is 0.750. The van der Waals surface area contributed by atoms with Crippen LogP contribution >= 0.6 is 0 Å². The van der Waals surface area contributed by atoms with Crippen LogP contribution in [0.5, 0.6) is 0 Å². The summed E-state index contributed by atoms with van der Waals surface area (Å²) in [7, 11) is 2.16. The first-order valence-electron chi connectivity index (χ1n) is 4.43. The standard InChI is InChI=1S/C10H17N/c1-4-6-10-8-7-9(5-2)11(10)3/h7-8H,4-6H2,1-3H3. The summed E-state index contributed by atoms with van der Waals surface area (Å²) >= 11 is 0. The average molecular weight is 151 g/mol. The van der Waals surface area contributed by atoms with Crippen molar-refractivity contribution >= 4 is 0 Å². The van der Waals surface area contributed by atoms with E-state index in [1.807, 2.05) is 0 Å². The molecule has 0 N–H and O–H groups in total. The lowest BCUT2D eigenvalue weighted by atomic mass is 10.2. The molecule has 0 aliphatic carbocycles. The van der Waals surface area contributed by atoms with Gasteiger partial charge in [0.25, 0.3) is 0 Å². The van der Waals surface area contributed by atoms with Gasteiger partial charge in [-0.2, -0.15) is 0 Å². The van der Waals surface area contributed by atoms with Crippen LogP contribution in [0.1, 0.15) is 31.7 Å². The highest BCUT2D eigenvalue weighted by Gasteiger charge is 2.00. The summed E-state index contributed by atoms with van der Waals surface area (Å²) in [5.41, 5.74) is 2.90. The molecule has 1 nitrogen and oxygen atoms in total. The van der Waals surface area contributed by atoms with E-state index < -0.39 is 0 Å². The number of hydrogen-bond acceptors (Lipinski definition) is 0. The molecule has 0 aliphatic rings. The Bertz CT molecular complexity index is 223. The van der Waals surface area contributed by atoms with Gasteiger partial charge in [0.2, 0.25) is 0 Å². The summed E-state index contributed by atoms with van der Waals surface area (Å²) < 4.78 is 2.31. The second-order valence-electron chi connectivity index (χ2n) is 2.98. The third-order valence-electron chi connectivity index (χ3n) is 2.20. The minimum absolute atomic E-state index is 1.14. The number of hydrogen-bond donors (Lipinski definition) is 0. The van der Waals surface area contributed by atoms with Gasteiger partial charge in [-0.3, -0.25) is 0 Å². The Kier molecular flexibility index (Phi) is 2.75. The molecule has 0 spiro atoms. The second-order valence-corrected chi connectivity index (χ2v) is 2.98. The first kappa shape index (κ1) is 8.38. The van der Waals surface area contributed by atoms with Crippen molar-refractivity contribution in [2.75, 3.05) is 0 Å². The highest BCUT2D eigenvalue weighted by atomic mass is 14.9. The van der Waals surface area contributed by atoms with Crippen LogP contribution in [0.25, 0.3) is 0 Å². The maximum Gasteiger partial charge on any atom is 0.0174 e. The fourth-order valence-electron chi connectivity index (χ4n) is 1.46. The summed E-state index contributed by atoms with van der Waals surface area (Å²) in [5, 5.41) is 0. The molecule has 0 saturated heterocycles. The van der Waals surface area contributed by atoms with E-state index in [2.05, 4.69) is 37.6 Å². The van der Waals surface area contributed by atoms with E-state index in [-0.39, 0.29) is 0 Å². The van der Waals surface area contributed by atoms with Gasteiger partial charge in [0.15, 0.2) is 0 Å². The molecule has 0 fully saturated rings. The molecule has 0 aliphatic heterocycles. The van der Waals surface area contributed by atoms with Crippen LogP contribution in [-0.2, 0) is 19.9 Å². The molecule has 0 unspecified atom stereocenters. The molecule has 1 rings (SSSR count). The summed E-state index contributed by atoms with van der Waals surface area (Å²) in [6.45, 7) is 4.42. The van der Waals surface area contributed by atoms with Crippen molar-refractivity contribution in [1.29, 1.82) is 0 Å². The molecule has 62 valence electrons. The van der Waals surface area contributed by atoms with Gasteiger partial charge >= 0.3 is 0 Å². The Hall–Kier alpha value is -0.720. The van der Waals surface area contributed by atoms with Crippen molar-refractivity contribution < 1.29 is 0 Å². The van der Waals surface area contributed by atoms with Gasteiger partial charge in [-0.1, -0.05) is 20.3 Å². The van der Waals surface area contributed by atoms with Gasteiger partial charge in [-0.05, 0) is 25.0 Å². The SMILES string of the molecule is CCCc1ccc(CC)n1C. The Morgan fingerprint density at radius 2 is 1.82 bits per heavy atom. The molecule has 1 aromatic heterocycles. The molecule has 0 aromatic carbocycles. The van der Waals surface area contributed by atoms with Crippen molar-refractivity contribution in [1.82, 2.24) is 4.57 Å². The summed E-state index contributed by atoms with van der Waals surface area (Å²) in [6, 6.07) is 4.47. The summed E-state index contributed by atoms with van der Waals surface area (Å²) in [6.07, 6.45) is 3.58. The third-order valence-corrected chi connectivity index (χ3v) is 2.20. The number of aromatic nitrogens is 1. The lowest BCUT2D eigenvalue weighted by Gasteiger charge is -2.04. The van der Waals surface area contributed by atoms with Crippen molar-refractivity contribution in [2.45, 2.75) is 33.1 Å². The van der Waals surface area contributed by atoms with Gasteiger partial charge in [0.1, 0.15) is 0 Å². The van der Waals surface area contributed by atoms with E-state index in [0.29, 0.717) is 0 Å². The molecule has 0 atom stereocenters. The summed E-state index contributed by atoms with van der Waals surface area (Å²) in [5.74, 6) is 0. The number of aryl methyl sites for hydroxylation is 2. The Morgan fingerprint density at radius 1 is 1.18 bits per heavy atom. The van der Waals surface area contributed by atoms with E-state index >= 15 is 0 Å². The first-order valence-corrected chi connectivity index (χ1v) is 4.43. The molecular formula is C10H17N. The largest absolute Gasteiger partial charge is 0.352 e. The molecule has 1 heteroatoms. The van der Waals surface area contributed by atoms with Gasteiger partial charge in [-0.15, -0.1) is 0 Å². The number of nitrogens with zero attached hydrogens (tertiary/aromatic N) is 1. The number of rotatable bonds is 3. The van der Waals surface area contributed by atoms with Crippen molar-refractivity contribution in [3.63, 3.8) is 0 Å². The Labute approximate surface area is 69.0 Å². The quantitative estimate of drug-likeness (QED) is 0.625. The van der Waals surface area contributed by atoms with Gasteiger partial charge in [0.05, 0.1) is 0 Å². The van der Waals surface area contributed by atoms with Gasteiger partial charge in [-0.25, -0.2) is 0 Å². The monoisotopic (exact) mass is 151 g/mol. The van der Waals surface area contributed by atoms with E-state index in [1.54, 1.807) is 0 Å². The molecule has 0 bridgehead atoms. The molecule has 11 heavy (non-hydrogen) atoms.